The number of hydrogen-bond donors (Lipinski definition) is 0. The molecule has 5 heteroatoms. The Balaban J connectivity index is 3.84. The van der Waals surface area contributed by atoms with E-state index in [2.05, 4.69) is 0 Å². The molecule has 0 atom stereocenters. The molecule has 0 bridgehead atoms. The van der Waals surface area contributed by atoms with Gasteiger partial charge in [0.25, 0.3) is 0 Å². The van der Waals surface area contributed by atoms with Crippen LogP contribution in [0.15, 0.2) is 0 Å². The van der Waals surface area contributed by atoms with Crippen molar-refractivity contribution in [1.29, 1.82) is 0 Å². The van der Waals surface area contributed by atoms with Gasteiger partial charge in [0.15, 0.2) is 0 Å². The first-order valence-electron chi connectivity index (χ1n) is 4.66. The molecule has 0 aliphatic rings. The molecule has 0 saturated heterocycles. The number of rotatable bonds is 8. The fraction of sp³-hybridized carbons (Fsp3) is 1.00. The molecule has 0 N–H and O–H groups in total. The van der Waals surface area contributed by atoms with Crippen LogP contribution >= 0.6 is 11.6 Å². The molecule has 0 saturated carbocycles. The zero-order chi connectivity index (χ0) is 10.2. The van der Waals surface area contributed by atoms with Crippen LogP contribution in [-0.4, -0.2) is 35.1 Å². The Hall–Kier alpha value is 0.387. The van der Waals surface area contributed by atoms with Crippen molar-refractivity contribution in [2.75, 3.05) is 19.3 Å². The minimum Gasteiger partial charge on any atom is -0.332 e. The number of halogens is 1. The van der Waals surface area contributed by atoms with Crippen molar-refractivity contribution < 1.29 is 14.2 Å². The van der Waals surface area contributed by atoms with Crippen LogP contribution in [-0.2, 0) is 14.2 Å². The van der Waals surface area contributed by atoms with Gasteiger partial charge < -0.3 is 14.2 Å². The third kappa shape index (κ3) is 6.46. The minimum absolute atomic E-state index is 0.108. The second-order valence-corrected chi connectivity index (χ2v) is 4.26. The van der Waals surface area contributed by atoms with Gasteiger partial charge in [-0.3, -0.25) is 0 Å². The standard InChI is InChI=1S/C8H19ClO3Si/c1-3-5-10-8(13,12-7-9)11-6-4-2/h3-7H2,1-2,13H3. The van der Waals surface area contributed by atoms with Crippen LogP contribution in [0.3, 0.4) is 0 Å². The molecular weight excluding hydrogens is 208 g/mol. The Morgan fingerprint density at radius 1 is 1.08 bits per heavy atom. The molecule has 0 amide bonds. The largest absolute Gasteiger partial charge is 0.332 e. The van der Waals surface area contributed by atoms with Crippen LogP contribution in [0.25, 0.3) is 0 Å². The zero-order valence-corrected chi connectivity index (χ0v) is 11.4. The van der Waals surface area contributed by atoms with Crippen LogP contribution in [0.1, 0.15) is 26.7 Å². The maximum absolute atomic E-state index is 5.48. The van der Waals surface area contributed by atoms with E-state index in [9.17, 15) is 0 Å². The topological polar surface area (TPSA) is 27.7 Å². The third-order valence-electron chi connectivity index (χ3n) is 1.45. The fourth-order valence-electron chi connectivity index (χ4n) is 0.799. The SMILES string of the molecule is CCCOC([SiH3])(OCCl)OCCC. The van der Waals surface area contributed by atoms with E-state index in [1.54, 1.807) is 0 Å². The molecule has 0 heterocycles. The zero-order valence-electron chi connectivity index (χ0n) is 8.64. The van der Waals surface area contributed by atoms with Crippen LogP contribution in [0.2, 0.25) is 0 Å². The molecule has 0 aliphatic heterocycles. The van der Waals surface area contributed by atoms with Crippen molar-refractivity contribution >= 4 is 21.8 Å². The van der Waals surface area contributed by atoms with E-state index in [0.717, 1.165) is 12.8 Å². The first kappa shape index (κ1) is 13.4. The molecule has 0 aromatic rings. The second-order valence-electron chi connectivity index (χ2n) is 2.81. The van der Waals surface area contributed by atoms with Gasteiger partial charge in [0.1, 0.15) is 16.3 Å². The molecule has 0 spiro atoms. The maximum atomic E-state index is 5.48. The van der Waals surface area contributed by atoms with E-state index in [-0.39, 0.29) is 6.07 Å². The van der Waals surface area contributed by atoms with Crippen LogP contribution in [0.4, 0.5) is 0 Å². The summed E-state index contributed by atoms with van der Waals surface area (Å²) in [5.41, 5.74) is -0.840. The first-order valence-corrected chi connectivity index (χ1v) is 6.19. The van der Waals surface area contributed by atoms with Gasteiger partial charge in [-0.05, 0) is 12.8 Å². The van der Waals surface area contributed by atoms with Crippen LogP contribution < -0.4 is 0 Å². The lowest BCUT2D eigenvalue weighted by atomic mass is 10.5. The van der Waals surface area contributed by atoms with Crippen molar-refractivity contribution in [2.45, 2.75) is 32.3 Å². The van der Waals surface area contributed by atoms with Gasteiger partial charge in [0, 0.05) is 0 Å². The molecule has 0 aliphatic carbocycles. The van der Waals surface area contributed by atoms with Crippen LogP contribution in [0.5, 0.6) is 0 Å². The number of ether oxygens (including phenoxy) is 3. The highest BCUT2D eigenvalue weighted by Crippen LogP contribution is 2.12. The predicted octanol–water partition coefficient (Wildman–Crippen LogP) is 1.03. The molecule has 0 radical (unpaired) electrons. The smallest absolute Gasteiger partial charge is 0.246 e. The number of alkyl halides is 1. The lowest BCUT2D eigenvalue weighted by Crippen LogP contribution is -2.40. The minimum atomic E-state index is -0.840. The van der Waals surface area contributed by atoms with E-state index in [4.69, 9.17) is 25.8 Å². The summed E-state index contributed by atoms with van der Waals surface area (Å²) in [6.45, 7) is 5.37. The third-order valence-corrected chi connectivity index (χ3v) is 2.43. The molecule has 0 aromatic heterocycles. The quantitative estimate of drug-likeness (QED) is 0.352. The second kappa shape index (κ2) is 7.76. The van der Waals surface area contributed by atoms with Gasteiger partial charge in [0.05, 0.1) is 13.2 Å². The van der Waals surface area contributed by atoms with Gasteiger partial charge in [-0.25, -0.2) is 0 Å². The monoisotopic (exact) mass is 226 g/mol. The molecule has 0 fully saturated rings. The molecule has 0 rings (SSSR count). The predicted molar refractivity (Wildman–Crippen MR) is 57.0 cm³/mol. The highest BCUT2D eigenvalue weighted by Gasteiger charge is 2.25. The van der Waals surface area contributed by atoms with E-state index in [0.29, 0.717) is 23.5 Å². The number of hydrogen-bond acceptors (Lipinski definition) is 3. The summed E-state index contributed by atoms with van der Waals surface area (Å²) < 4.78 is 16.1. The maximum Gasteiger partial charge on any atom is 0.246 e. The first-order chi connectivity index (χ1) is 6.18. The molecule has 13 heavy (non-hydrogen) atoms. The average Bonchev–Trinajstić information content (AvgIpc) is 2.12. The van der Waals surface area contributed by atoms with Gasteiger partial charge in [-0.2, -0.15) is 0 Å². The Kier molecular flexibility index (Phi) is 7.99. The lowest BCUT2D eigenvalue weighted by molar-refractivity contribution is -0.318. The molecule has 80 valence electrons. The van der Waals surface area contributed by atoms with Crippen molar-refractivity contribution in [3.63, 3.8) is 0 Å². The van der Waals surface area contributed by atoms with Gasteiger partial charge in [0.2, 0.25) is 5.60 Å². The highest BCUT2D eigenvalue weighted by atomic mass is 35.5. The molecule has 0 aromatic carbocycles. The van der Waals surface area contributed by atoms with E-state index in [1.165, 1.54) is 0 Å². The lowest BCUT2D eigenvalue weighted by Gasteiger charge is -2.29. The summed E-state index contributed by atoms with van der Waals surface area (Å²) in [7, 11) is 0.655. The van der Waals surface area contributed by atoms with Gasteiger partial charge in [-0.1, -0.05) is 25.4 Å². The highest BCUT2D eigenvalue weighted by molar-refractivity contribution is 6.17. The summed E-state index contributed by atoms with van der Waals surface area (Å²) in [6.07, 6.45) is 1.90. The summed E-state index contributed by atoms with van der Waals surface area (Å²) >= 11 is 5.48. The van der Waals surface area contributed by atoms with E-state index < -0.39 is 5.60 Å². The van der Waals surface area contributed by atoms with Crippen molar-refractivity contribution in [2.24, 2.45) is 0 Å². The Morgan fingerprint density at radius 3 is 1.85 bits per heavy atom. The molecule has 0 unspecified atom stereocenters. The summed E-state index contributed by atoms with van der Waals surface area (Å²) in [6, 6.07) is 0.108. The van der Waals surface area contributed by atoms with Gasteiger partial charge in [-0.15, -0.1) is 0 Å². The van der Waals surface area contributed by atoms with Crippen molar-refractivity contribution in [1.82, 2.24) is 0 Å². The fourth-order valence-corrected chi connectivity index (χ4v) is 1.73. The Morgan fingerprint density at radius 2 is 1.54 bits per heavy atom. The summed E-state index contributed by atoms with van der Waals surface area (Å²) in [4.78, 5) is 0. The van der Waals surface area contributed by atoms with Gasteiger partial charge >= 0.3 is 0 Å². The average molecular weight is 227 g/mol. The van der Waals surface area contributed by atoms with Crippen molar-refractivity contribution in [3.05, 3.63) is 0 Å². The van der Waals surface area contributed by atoms with Crippen molar-refractivity contribution in [3.8, 4) is 0 Å². The van der Waals surface area contributed by atoms with E-state index in [1.807, 2.05) is 13.8 Å². The summed E-state index contributed by atoms with van der Waals surface area (Å²) in [5, 5.41) is 0. The Bertz CT molecular complexity index is 116. The Labute approximate surface area is 88.1 Å². The summed E-state index contributed by atoms with van der Waals surface area (Å²) in [5.74, 6) is 0. The molecule has 3 nitrogen and oxygen atoms in total. The normalized spacial score (nSPS) is 12.2. The van der Waals surface area contributed by atoms with E-state index >= 15 is 0 Å². The van der Waals surface area contributed by atoms with Crippen LogP contribution in [0, 0.1) is 0 Å². The molecular formula is C8H19ClO3Si.